The molecule has 0 saturated heterocycles. The topological polar surface area (TPSA) is 94.7 Å². The van der Waals surface area contributed by atoms with E-state index >= 15 is 0 Å². The van der Waals surface area contributed by atoms with Gasteiger partial charge in [-0.25, -0.2) is 0 Å². The molecule has 0 bridgehead atoms. The number of carboxylic acids is 1. The lowest BCUT2D eigenvalue weighted by Gasteiger charge is -2.15. The van der Waals surface area contributed by atoms with Crippen molar-refractivity contribution in [3.05, 3.63) is 23.3 Å². The molecule has 0 aliphatic carbocycles. The van der Waals surface area contributed by atoms with Crippen molar-refractivity contribution in [2.75, 3.05) is 6.54 Å². The summed E-state index contributed by atoms with van der Waals surface area (Å²) in [6.45, 7) is 8.30. The maximum atomic E-state index is 11.5. The summed E-state index contributed by atoms with van der Waals surface area (Å²) in [5.41, 5.74) is 3.14. The quantitative estimate of drug-likeness (QED) is 0.634. The number of nitrogens with zero attached hydrogens (tertiary/aromatic N) is 1. The molecule has 1 aromatic carbocycles. The minimum absolute atomic E-state index is 0.0850. The second-order valence-electron chi connectivity index (χ2n) is 6.47. The maximum Gasteiger partial charge on any atom is 0.303 e. The Balaban J connectivity index is 2.55. The van der Waals surface area contributed by atoms with Crippen molar-refractivity contribution in [3.63, 3.8) is 0 Å². The minimum atomic E-state index is -4.27. The Morgan fingerprint density at radius 3 is 2.39 bits per heavy atom. The average molecular weight is 340 g/mol. The van der Waals surface area contributed by atoms with Crippen LogP contribution < -0.4 is 0 Å². The van der Waals surface area contributed by atoms with Gasteiger partial charge in [-0.1, -0.05) is 0 Å². The molecule has 0 radical (unpaired) electrons. The number of benzene rings is 1. The molecule has 6 nitrogen and oxygen atoms in total. The molecule has 1 heterocycles. The second kappa shape index (κ2) is 5.72. The Morgan fingerprint density at radius 2 is 1.87 bits per heavy atom. The van der Waals surface area contributed by atoms with Gasteiger partial charge in [0.05, 0.1) is 16.7 Å². The summed E-state index contributed by atoms with van der Waals surface area (Å²) >= 11 is 0. The third-order valence-corrected chi connectivity index (χ3v) is 5.43. The molecule has 7 heteroatoms. The lowest BCUT2D eigenvalue weighted by Crippen LogP contribution is -2.27. The number of aryl methyl sites for hydroxylation is 1. The van der Waals surface area contributed by atoms with Crippen molar-refractivity contribution in [2.24, 2.45) is 0 Å². The summed E-state index contributed by atoms with van der Waals surface area (Å²) < 4.78 is 34.3. The molecule has 0 fully saturated rings. The van der Waals surface area contributed by atoms with Gasteiger partial charge in [0.1, 0.15) is 6.54 Å². The molecule has 2 rings (SSSR count). The summed E-state index contributed by atoms with van der Waals surface area (Å²) in [5.74, 6) is -0.834. The lowest BCUT2D eigenvalue weighted by atomic mass is 9.82. The highest BCUT2D eigenvalue weighted by molar-refractivity contribution is 7.85. The molecule has 1 aromatic rings. The van der Waals surface area contributed by atoms with Gasteiger partial charge < -0.3 is 5.11 Å². The summed E-state index contributed by atoms with van der Waals surface area (Å²) in [5, 5.41) is 8.81. The first-order chi connectivity index (χ1) is 10.5. The Hall–Kier alpha value is -1.73. The smallest absolute Gasteiger partial charge is 0.303 e. The van der Waals surface area contributed by atoms with Crippen molar-refractivity contribution < 1.29 is 27.4 Å². The number of hydrogen-bond donors (Lipinski definition) is 2. The first kappa shape index (κ1) is 17.6. The molecule has 0 unspecified atom stereocenters. The summed E-state index contributed by atoms with van der Waals surface area (Å²) in [7, 11) is -4.27. The van der Waals surface area contributed by atoms with Crippen LogP contribution in [0, 0.1) is 6.92 Å². The minimum Gasteiger partial charge on any atom is -0.481 e. The van der Waals surface area contributed by atoms with E-state index in [0.717, 1.165) is 22.5 Å². The van der Waals surface area contributed by atoms with E-state index in [4.69, 9.17) is 5.11 Å². The van der Waals surface area contributed by atoms with Gasteiger partial charge in [0.15, 0.2) is 5.71 Å². The van der Waals surface area contributed by atoms with Crippen LogP contribution in [-0.2, 0) is 20.3 Å². The SMILES string of the molecule is CC1=[N+](CCCC(=O)O)c2c(C)cc(S(=O)(=O)O)cc2C1(C)C. The van der Waals surface area contributed by atoms with Gasteiger partial charge in [-0.2, -0.15) is 13.0 Å². The van der Waals surface area contributed by atoms with Crippen LogP contribution in [0.25, 0.3) is 0 Å². The van der Waals surface area contributed by atoms with Crippen LogP contribution in [0.2, 0.25) is 0 Å². The Kier molecular flexibility index (Phi) is 4.38. The number of carboxylic acid groups (broad SMARTS) is 1. The van der Waals surface area contributed by atoms with E-state index in [-0.39, 0.29) is 16.7 Å². The van der Waals surface area contributed by atoms with Crippen LogP contribution in [-0.4, -0.2) is 40.9 Å². The number of aliphatic carboxylic acids is 1. The van der Waals surface area contributed by atoms with Gasteiger partial charge >= 0.3 is 5.97 Å². The van der Waals surface area contributed by atoms with Gasteiger partial charge in [-0.05, 0) is 32.9 Å². The first-order valence-electron chi connectivity index (χ1n) is 7.42. The molecule has 0 spiro atoms. The zero-order valence-corrected chi connectivity index (χ0v) is 14.6. The highest BCUT2D eigenvalue weighted by atomic mass is 32.2. The van der Waals surface area contributed by atoms with Crippen molar-refractivity contribution in [1.29, 1.82) is 0 Å². The Bertz CT molecular complexity index is 806. The molecule has 1 aliphatic heterocycles. The highest BCUT2D eigenvalue weighted by Crippen LogP contribution is 2.42. The van der Waals surface area contributed by atoms with Gasteiger partial charge in [0.25, 0.3) is 10.1 Å². The monoisotopic (exact) mass is 340 g/mol. The first-order valence-corrected chi connectivity index (χ1v) is 8.86. The van der Waals surface area contributed by atoms with E-state index in [1.807, 2.05) is 20.8 Å². The zero-order chi connectivity index (χ0) is 17.6. The van der Waals surface area contributed by atoms with E-state index in [1.54, 1.807) is 6.92 Å². The molecule has 0 amide bonds. The predicted molar refractivity (Wildman–Crippen MR) is 86.4 cm³/mol. The lowest BCUT2D eigenvalue weighted by molar-refractivity contribution is -0.440. The third kappa shape index (κ3) is 3.16. The third-order valence-electron chi connectivity index (χ3n) is 4.60. The molecule has 126 valence electrons. The van der Waals surface area contributed by atoms with Crippen molar-refractivity contribution in [1.82, 2.24) is 0 Å². The van der Waals surface area contributed by atoms with E-state index < -0.39 is 16.1 Å². The van der Waals surface area contributed by atoms with Crippen molar-refractivity contribution in [3.8, 4) is 0 Å². The fourth-order valence-electron chi connectivity index (χ4n) is 3.10. The van der Waals surface area contributed by atoms with Gasteiger partial charge in [-0.3, -0.25) is 9.35 Å². The average Bonchev–Trinajstić information content (AvgIpc) is 2.59. The van der Waals surface area contributed by atoms with Crippen LogP contribution in [0.15, 0.2) is 17.0 Å². The molecule has 2 N–H and O–H groups in total. The molecule has 0 atom stereocenters. The highest BCUT2D eigenvalue weighted by Gasteiger charge is 2.44. The van der Waals surface area contributed by atoms with Crippen LogP contribution in [0.5, 0.6) is 0 Å². The van der Waals surface area contributed by atoms with E-state index in [0.29, 0.717) is 13.0 Å². The fraction of sp³-hybridized carbons (Fsp3) is 0.500. The second-order valence-corrected chi connectivity index (χ2v) is 7.89. The van der Waals surface area contributed by atoms with Crippen molar-refractivity contribution >= 4 is 27.5 Å². The molecule has 1 aliphatic rings. The maximum absolute atomic E-state index is 11.5. The Labute approximate surface area is 136 Å². The zero-order valence-electron chi connectivity index (χ0n) is 13.8. The van der Waals surface area contributed by atoms with Crippen LogP contribution in [0.3, 0.4) is 0 Å². The standard InChI is InChI=1S/C16H21NO5S/c1-10-8-12(23(20,21)22)9-13-15(10)17(7-5-6-14(18)19)11(2)16(13,3)4/h8-9H,5-7H2,1-4H3,(H-,18,19,20,21,22)/p+1. The molecular weight excluding hydrogens is 318 g/mol. The number of fused-ring (bicyclic) bond motifs is 1. The van der Waals surface area contributed by atoms with Crippen LogP contribution in [0.4, 0.5) is 5.69 Å². The fourth-order valence-corrected chi connectivity index (χ4v) is 3.69. The summed E-state index contributed by atoms with van der Waals surface area (Å²) in [6.07, 6.45) is 0.587. The summed E-state index contributed by atoms with van der Waals surface area (Å²) in [6, 6.07) is 2.96. The van der Waals surface area contributed by atoms with Crippen LogP contribution in [0.1, 0.15) is 44.7 Å². The molecule has 23 heavy (non-hydrogen) atoms. The largest absolute Gasteiger partial charge is 0.481 e. The van der Waals surface area contributed by atoms with E-state index in [2.05, 4.69) is 4.58 Å². The Morgan fingerprint density at radius 1 is 1.26 bits per heavy atom. The normalized spacial score (nSPS) is 16.6. The number of carbonyl (C=O) groups is 1. The molecular formula is C16H22NO5S+. The van der Waals surface area contributed by atoms with E-state index in [9.17, 15) is 17.8 Å². The molecule has 0 saturated carbocycles. The molecule has 0 aromatic heterocycles. The number of hydrogen-bond acceptors (Lipinski definition) is 3. The number of rotatable bonds is 5. The van der Waals surface area contributed by atoms with Gasteiger partial charge in [-0.15, -0.1) is 0 Å². The van der Waals surface area contributed by atoms with Gasteiger partial charge in [0, 0.05) is 24.5 Å². The van der Waals surface area contributed by atoms with Crippen molar-refractivity contribution in [2.45, 2.75) is 50.8 Å². The predicted octanol–water partition coefficient (Wildman–Crippen LogP) is 2.50. The summed E-state index contributed by atoms with van der Waals surface area (Å²) in [4.78, 5) is 10.6. The van der Waals surface area contributed by atoms with Gasteiger partial charge in [0.2, 0.25) is 5.69 Å². The van der Waals surface area contributed by atoms with Crippen LogP contribution >= 0.6 is 0 Å². The van der Waals surface area contributed by atoms with E-state index in [1.165, 1.54) is 12.1 Å².